The molecule has 106 valence electrons. The van der Waals surface area contributed by atoms with Crippen LogP contribution in [-0.2, 0) is 6.54 Å². The largest absolute Gasteiger partial charge is 0.316 e. The maximum Gasteiger partial charge on any atom is 0.0230 e. The van der Waals surface area contributed by atoms with E-state index in [1.165, 1.54) is 25.1 Å². The summed E-state index contributed by atoms with van der Waals surface area (Å²) in [6.07, 6.45) is 1.30. The Labute approximate surface area is 125 Å². The van der Waals surface area contributed by atoms with Crippen molar-refractivity contribution in [1.29, 1.82) is 0 Å². The molecule has 0 saturated carbocycles. The Morgan fingerprint density at radius 1 is 1.32 bits per heavy atom. The molecular formula is C16H25BrN2. The van der Waals surface area contributed by atoms with E-state index in [0.717, 1.165) is 23.5 Å². The first-order chi connectivity index (χ1) is 9.02. The van der Waals surface area contributed by atoms with Crippen molar-refractivity contribution in [2.24, 2.45) is 11.3 Å². The summed E-state index contributed by atoms with van der Waals surface area (Å²) in [6, 6.07) is 8.65. The summed E-state index contributed by atoms with van der Waals surface area (Å²) >= 11 is 3.49. The summed E-state index contributed by atoms with van der Waals surface area (Å²) in [5.74, 6) is 0.731. The first kappa shape index (κ1) is 15.0. The quantitative estimate of drug-likeness (QED) is 0.891. The molecule has 1 atom stereocenters. The molecule has 1 heterocycles. The van der Waals surface area contributed by atoms with E-state index in [-0.39, 0.29) is 0 Å². The van der Waals surface area contributed by atoms with Gasteiger partial charge in [0.25, 0.3) is 0 Å². The molecule has 1 aliphatic heterocycles. The summed E-state index contributed by atoms with van der Waals surface area (Å²) in [4.78, 5) is 2.47. The number of hydrogen-bond acceptors (Lipinski definition) is 2. The Bertz CT molecular complexity index is 394. The van der Waals surface area contributed by atoms with Crippen LogP contribution in [0.25, 0.3) is 0 Å². The topological polar surface area (TPSA) is 15.3 Å². The van der Waals surface area contributed by atoms with Crippen molar-refractivity contribution in [3.63, 3.8) is 0 Å². The fraction of sp³-hybridized carbons (Fsp3) is 0.625. The second kappa shape index (κ2) is 6.38. The summed E-state index contributed by atoms with van der Waals surface area (Å²) in [7, 11) is 2.24. The van der Waals surface area contributed by atoms with Gasteiger partial charge in [0.15, 0.2) is 0 Å². The van der Waals surface area contributed by atoms with Crippen molar-refractivity contribution in [1.82, 2.24) is 10.2 Å². The Balaban J connectivity index is 1.96. The third kappa shape index (κ3) is 3.80. The zero-order valence-electron chi connectivity index (χ0n) is 12.2. The van der Waals surface area contributed by atoms with Crippen molar-refractivity contribution in [2.75, 3.05) is 26.7 Å². The van der Waals surface area contributed by atoms with Gasteiger partial charge in [0.2, 0.25) is 0 Å². The van der Waals surface area contributed by atoms with E-state index in [4.69, 9.17) is 0 Å². The monoisotopic (exact) mass is 324 g/mol. The van der Waals surface area contributed by atoms with Crippen LogP contribution in [0.1, 0.15) is 25.8 Å². The highest BCUT2D eigenvalue weighted by atomic mass is 79.9. The number of hydrogen-bond donors (Lipinski definition) is 1. The summed E-state index contributed by atoms with van der Waals surface area (Å²) in [5.41, 5.74) is 1.83. The Morgan fingerprint density at radius 3 is 2.53 bits per heavy atom. The molecule has 1 aromatic carbocycles. The first-order valence-electron chi connectivity index (χ1n) is 7.15. The molecular weight excluding hydrogens is 300 g/mol. The second-order valence-electron chi connectivity index (χ2n) is 6.24. The minimum Gasteiger partial charge on any atom is -0.316 e. The predicted molar refractivity (Wildman–Crippen MR) is 85.2 cm³/mol. The van der Waals surface area contributed by atoms with Gasteiger partial charge >= 0.3 is 0 Å². The third-order valence-corrected chi connectivity index (χ3v) is 4.98. The summed E-state index contributed by atoms with van der Waals surface area (Å²) in [5, 5.41) is 3.54. The van der Waals surface area contributed by atoms with Crippen LogP contribution in [0.2, 0.25) is 0 Å². The minimum absolute atomic E-state index is 0.449. The van der Waals surface area contributed by atoms with E-state index in [1.807, 2.05) is 0 Å². The van der Waals surface area contributed by atoms with Crippen LogP contribution in [-0.4, -0.2) is 31.6 Å². The lowest BCUT2D eigenvalue weighted by Crippen LogP contribution is -2.41. The zero-order chi connectivity index (χ0) is 13.9. The minimum atomic E-state index is 0.449. The van der Waals surface area contributed by atoms with Gasteiger partial charge in [-0.3, -0.25) is 0 Å². The van der Waals surface area contributed by atoms with Gasteiger partial charge in [-0.25, -0.2) is 0 Å². The Hall–Kier alpha value is -0.380. The molecule has 2 rings (SSSR count). The first-order valence-corrected chi connectivity index (χ1v) is 7.95. The number of benzene rings is 1. The fourth-order valence-electron chi connectivity index (χ4n) is 3.07. The molecule has 0 radical (unpaired) electrons. The molecule has 0 amide bonds. The average molecular weight is 325 g/mol. The highest BCUT2D eigenvalue weighted by Gasteiger charge is 2.37. The SMILES string of the molecule is CC(C)C1(CN(C)Cc2ccc(Br)cc2)CCNC1. The van der Waals surface area contributed by atoms with Crippen LogP contribution in [0.3, 0.4) is 0 Å². The maximum absolute atomic E-state index is 3.54. The molecule has 0 aliphatic carbocycles. The van der Waals surface area contributed by atoms with Gasteiger partial charge < -0.3 is 10.2 Å². The summed E-state index contributed by atoms with van der Waals surface area (Å²) in [6.45, 7) is 9.26. The second-order valence-corrected chi connectivity index (χ2v) is 7.16. The van der Waals surface area contributed by atoms with Crippen LogP contribution >= 0.6 is 15.9 Å². The molecule has 1 aromatic rings. The maximum atomic E-state index is 3.54. The molecule has 2 nitrogen and oxygen atoms in total. The highest BCUT2D eigenvalue weighted by Crippen LogP contribution is 2.35. The molecule has 1 saturated heterocycles. The van der Waals surface area contributed by atoms with Crippen LogP contribution in [0.4, 0.5) is 0 Å². The van der Waals surface area contributed by atoms with Crippen molar-refractivity contribution >= 4 is 15.9 Å². The number of nitrogens with zero attached hydrogens (tertiary/aromatic N) is 1. The molecule has 0 aromatic heterocycles. The lowest BCUT2D eigenvalue weighted by atomic mass is 9.76. The predicted octanol–water partition coefficient (Wildman–Crippen LogP) is 3.52. The van der Waals surface area contributed by atoms with Crippen molar-refractivity contribution in [3.05, 3.63) is 34.3 Å². The van der Waals surface area contributed by atoms with E-state index < -0.39 is 0 Å². The third-order valence-electron chi connectivity index (χ3n) is 4.45. The van der Waals surface area contributed by atoms with Crippen molar-refractivity contribution < 1.29 is 0 Å². The molecule has 0 bridgehead atoms. The number of nitrogens with one attached hydrogen (secondary N) is 1. The van der Waals surface area contributed by atoms with Crippen LogP contribution in [0.15, 0.2) is 28.7 Å². The van der Waals surface area contributed by atoms with Crippen LogP contribution in [0, 0.1) is 11.3 Å². The Morgan fingerprint density at radius 2 is 2.00 bits per heavy atom. The van der Waals surface area contributed by atoms with Gasteiger partial charge in [-0.1, -0.05) is 41.9 Å². The lowest BCUT2D eigenvalue weighted by molar-refractivity contribution is 0.132. The number of halogens is 1. The molecule has 3 heteroatoms. The average Bonchev–Trinajstić information content (AvgIpc) is 2.82. The standard InChI is InChI=1S/C16H25BrN2/c1-13(2)16(8-9-18-11-16)12-19(3)10-14-4-6-15(17)7-5-14/h4-7,13,18H,8-12H2,1-3H3. The van der Waals surface area contributed by atoms with Crippen LogP contribution in [0.5, 0.6) is 0 Å². The van der Waals surface area contributed by atoms with Gasteiger partial charge in [0, 0.05) is 24.1 Å². The van der Waals surface area contributed by atoms with Gasteiger partial charge in [0.05, 0.1) is 0 Å². The smallest absolute Gasteiger partial charge is 0.0230 e. The Kier molecular flexibility index (Phi) is 5.04. The van der Waals surface area contributed by atoms with Gasteiger partial charge in [-0.05, 0) is 49.0 Å². The zero-order valence-corrected chi connectivity index (χ0v) is 13.8. The molecule has 1 N–H and O–H groups in total. The van der Waals surface area contributed by atoms with Gasteiger partial charge in [0.1, 0.15) is 0 Å². The van der Waals surface area contributed by atoms with Crippen LogP contribution < -0.4 is 5.32 Å². The normalized spacial score (nSPS) is 23.5. The van der Waals surface area contributed by atoms with E-state index in [0.29, 0.717) is 5.41 Å². The molecule has 19 heavy (non-hydrogen) atoms. The molecule has 1 fully saturated rings. The van der Waals surface area contributed by atoms with Gasteiger partial charge in [-0.15, -0.1) is 0 Å². The molecule has 1 unspecified atom stereocenters. The van der Waals surface area contributed by atoms with Crippen molar-refractivity contribution in [3.8, 4) is 0 Å². The fourth-order valence-corrected chi connectivity index (χ4v) is 3.33. The van der Waals surface area contributed by atoms with E-state index in [9.17, 15) is 0 Å². The molecule has 1 aliphatic rings. The van der Waals surface area contributed by atoms with E-state index in [1.54, 1.807) is 0 Å². The highest BCUT2D eigenvalue weighted by molar-refractivity contribution is 9.10. The lowest BCUT2D eigenvalue weighted by Gasteiger charge is -2.36. The number of rotatable bonds is 5. The van der Waals surface area contributed by atoms with Crippen molar-refractivity contribution in [2.45, 2.75) is 26.8 Å². The van der Waals surface area contributed by atoms with Gasteiger partial charge in [-0.2, -0.15) is 0 Å². The molecule has 0 spiro atoms. The van der Waals surface area contributed by atoms with E-state index in [2.05, 4.69) is 71.3 Å². The van der Waals surface area contributed by atoms with E-state index >= 15 is 0 Å². The summed E-state index contributed by atoms with van der Waals surface area (Å²) < 4.78 is 1.15.